The van der Waals surface area contributed by atoms with Crippen LogP contribution in [0.1, 0.15) is 18.1 Å². The number of para-hydroxylation sites is 1. The second kappa shape index (κ2) is 8.89. The van der Waals surface area contributed by atoms with Crippen molar-refractivity contribution >= 4 is 12.0 Å². The lowest BCUT2D eigenvalue weighted by molar-refractivity contribution is -0.117. The summed E-state index contributed by atoms with van der Waals surface area (Å²) in [5.74, 6) is 0.458. The topological polar surface area (TPSA) is 58.6 Å². The average Bonchev–Trinajstić information content (AvgIpc) is 2.61. The number of carbonyl (C=O) groups is 1. The van der Waals surface area contributed by atoms with E-state index in [9.17, 15) is 9.90 Å². The van der Waals surface area contributed by atoms with Gasteiger partial charge in [0.25, 0.3) is 0 Å². The number of benzene rings is 2. The Labute approximate surface area is 142 Å². The van der Waals surface area contributed by atoms with Gasteiger partial charge in [0, 0.05) is 18.1 Å². The van der Waals surface area contributed by atoms with Gasteiger partial charge in [-0.3, -0.25) is 4.79 Å². The molecule has 4 nitrogen and oxygen atoms in total. The van der Waals surface area contributed by atoms with Gasteiger partial charge in [0.15, 0.2) is 0 Å². The summed E-state index contributed by atoms with van der Waals surface area (Å²) < 4.78 is 5.24. The first-order valence-electron chi connectivity index (χ1n) is 7.93. The van der Waals surface area contributed by atoms with E-state index in [0.29, 0.717) is 12.2 Å². The van der Waals surface area contributed by atoms with Gasteiger partial charge < -0.3 is 15.2 Å². The Morgan fingerprint density at radius 3 is 2.54 bits per heavy atom. The number of aliphatic hydroxyl groups is 1. The van der Waals surface area contributed by atoms with Gasteiger partial charge in [-0.15, -0.1) is 0 Å². The molecule has 24 heavy (non-hydrogen) atoms. The number of rotatable bonds is 7. The van der Waals surface area contributed by atoms with E-state index in [1.807, 2.05) is 54.6 Å². The number of aliphatic hydroxyl groups excluding tert-OH is 1. The zero-order chi connectivity index (χ0) is 17.4. The van der Waals surface area contributed by atoms with Crippen LogP contribution in [0.5, 0.6) is 5.75 Å². The highest BCUT2D eigenvalue weighted by atomic mass is 16.5. The fraction of sp³-hybridized carbons (Fsp3) is 0.250. The van der Waals surface area contributed by atoms with E-state index in [4.69, 9.17) is 4.74 Å². The van der Waals surface area contributed by atoms with Crippen molar-refractivity contribution in [1.29, 1.82) is 0 Å². The number of amides is 1. The number of ether oxygens (including phenoxy) is 1. The molecule has 2 aromatic rings. The Balaban J connectivity index is 1.90. The van der Waals surface area contributed by atoms with E-state index < -0.39 is 6.10 Å². The molecule has 1 amide bonds. The van der Waals surface area contributed by atoms with Gasteiger partial charge in [-0.05, 0) is 24.6 Å². The molecule has 0 bridgehead atoms. The predicted molar refractivity (Wildman–Crippen MR) is 95.8 cm³/mol. The molecule has 2 rings (SSSR count). The van der Waals surface area contributed by atoms with Crippen molar-refractivity contribution in [3.8, 4) is 5.75 Å². The largest absolute Gasteiger partial charge is 0.496 e. The lowest BCUT2D eigenvalue weighted by Crippen LogP contribution is -2.41. The number of methoxy groups -OCH3 is 1. The van der Waals surface area contributed by atoms with Crippen LogP contribution in [-0.2, 0) is 11.2 Å². The van der Waals surface area contributed by atoms with Crippen molar-refractivity contribution in [3.63, 3.8) is 0 Å². The van der Waals surface area contributed by atoms with E-state index in [0.717, 1.165) is 11.1 Å². The van der Waals surface area contributed by atoms with Crippen molar-refractivity contribution in [1.82, 2.24) is 5.32 Å². The Morgan fingerprint density at radius 2 is 1.83 bits per heavy atom. The van der Waals surface area contributed by atoms with Crippen LogP contribution in [0.15, 0.2) is 60.7 Å². The molecule has 2 N–H and O–H groups in total. The van der Waals surface area contributed by atoms with E-state index in [-0.39, 0.29) is 11.9 Å². The first-order valence-corrected chi connectivity index (χ1v) is 7.93. The second-order valence-electron chi connectivity index (χ2n) is 5.63. The fourth-order valence-corrected chi connectivity index (χ4v) is 2.37. The van der Waals surface area contributed by atoms with Gasteiger partial charge in [0.05, 0.1) is 19.3 Å². The molecule has 0 heterocycles. The van der Waals surface area contributed by atoms with Gasteiger partial charge in [-0.1, -0.05) is 48.5 Å². The summed E-state index contributed by atoms with van der Waals surface area (Å²) in [5, 5.41) is 13.0. The SMILES string of the molecule is COc1ccccc1/C=C/C(=O)NC(C)C(O)Cc1ccccc1. The number of nitrogens with one attached hydrogen (secondary N) is 1. The van der Waals surface area contributed by atoms with Crippen molar-refractivity contribution in [3.05, 3.63) is 71.8 Å². The predicted octanol–water partition coefficient (Wildman–Crippen LogP) is 2.82. The molecule has 0 aromatic heterocycles. The minimum Gasteiger partial charge on any atom is -0.496 e. The Hall–Kier alpha value is -2.59. The van der Waals surface area contributed by atoms with Crippen LogP contribution in [0, 0.1) is 0 Å². The summed E-state index contributed by atoms with van der Waals surface area (Å²) in [6, 6.07) is 16.8. The van der Waals surface area contributed by atoms with E-state index >= 15 is 0 Å². The standard InChI is InChI=1S/C20H23NO3/c1-15(18(22)14-16-8-4-3-5-9-16)21-20(23)13-12-17-10-6-7-11-19(17)24-2/h3-13,15,18,22H,14H2,1-2H3,(H,21,23)/b13-12+. The number of hydrogen-bond donors (Lipinski definition) is 2. The van der Waals surface area contributed by atoms with Crippen LogP contribution in [0.4, 0.5) is 0 Å². The molecule has 126 valence electrons. The first kappa shape index (κ1) is 17.8. The summed E-state index contributed by atoms with van der Waals surface area (Å²) in [5.41, 5.74) is 1.86. The maximum atomic E-state index is 12.0. The van der Waals surface area contributed by atoms with Crippen LogP contribution in [-0.4, -0.2) is 30.3 Å². The molecule has 4 heteroatoms. The molecule has 2 aromatic carbocycles. The molecule has 0 saturated heterocycles. The molecule has 0 spiro atoms. The summed E-state index contributed by atoms with van der Waals surface area (Å²) in [7, 11) is 1.59. The van der Waals surface area contributed by atoms with Crippen LogP contribution in [0.25, 0.3) is 6.08 Å². The summed E-state index contributed by atoms with van der Waals surface area (Å²) in [4.78, 5) is 12.0. The Morgan fingerprint density at radius 1 is 1.17 bits per heavy atom. The van der Waals surface area contributed by atoms with E-state index in [1.165, 1.54) is 6.08 Å². The molecule has 0 radical (unpaired) electrons. The van der Waals surface area contributed by atoms with Crippen LogP contribution in [0.2, 0.25) is 0 Å². The highest BCUT2D eigenvalue weighted by Crippen LogP contribution is 2.18. The molecule has 0 aliphatic rings. The molecule has 0 aliphatic carbocycles. The molecular formula is C20H23NO3. The van der Waals surface area contributed by atoms with E-state index in [2.05, 4.69) is 5.32 Å². The summed E-state index contributed by atoms with van der Waals surface area (Å²) in [6.45, 7) is 1.79. The summed E-state index contributed by atoms with van der Waals surface area (Å²) in [6.07, 6.45) is 3.00. The van der Waals surface area contributed by atoms with Crippen molar-refractivity contribution in [2.45, 2.75) is 25.5 Å². The Bertz CT molecular complexity index is 682. The number of carbonyl (C=O) groups excluding carboxylic acids is 1. The van der Waals surface area contributed by atoms with Crippen molar-refractivity contribution in [2.75, 3.05) is 7.11 Å². The third-order valence-electron chi connectivity index (χ3n) is 3.79. The smallest absolute Gasteiger partial charge is 0.244 e. The third kappa shape index (κ3) is 5.25. The molecule has 2 atom stereocenters. The normalized spacial score (nSPS) is 13.5. The minimum absolute atomic E-state index is 0.250. The maximum Gasteiger partial charge on any atom is 0.244 e. The average molecular weight is 325 g/mol. The van der Waals surface area contributed by atoms with Crippen LogP contribution in [0.3, 0.4) is 0 Å². The molecular weight excluding hydrogens is 302 g/mol. The van der Waals surface area contributed by atoms with Crippen molar-refractivity contribution < 1.29 is 14.6 Å². The van der Waals surface area contributed by atoms with Gasteiger partial charge in [-0.2, -0.15) is 0 Å². The highest BCUT2D eigenvalue weighted by Gasteiger charge is 2.16. The molecule has 0 saturated carbocycles. The van der Waals surface area contributed by atoms with Gasteiger partial charge >= 0.3 is 0 Å². The van der Waals surface area contributed by atoms with Crippen LogP contribution < -0.4 is 10.1 Å². The fourth-order valence-electron chi connectivity index (χ4n) is 2.37. The van der Waals surface area contributed by atoms with Gasteiger partial charge in [-0.25, -0.2) is 0 Å². The van der Waals surface area contributed by atoms with Gasteiger partial charge in [0.2, 0.25) is 5.91 Å². The zero-order valence-corrected chi connectivity index (χ0v) is 14.0. The Kier molecular flexibility index (Phi) is 6.58. The molecule has 2 unspecified atom stereocenters. The minimum atomic E-state index is -0.643. The van der Waals surface area contributed by atoms with Crippen LogP contribution >= 0.6 is 0 Å². The second-order valence-corrected chi connectivity index (χ2v) is 5.63. The first-order chi connectivity index (χ1) is 11.6. The van der Waals surface area contributed by atoms with E-state index in [1.54, 1.807) is 20.1 Å². The quantitative estimate of drug-likeness (QED) is 0.770. The monoisotopic (exact) mass is 325 g/mol. The third-order valence-corrected chi connectivity index (χ3v) is 3.79. The lowest BCUT2D eigenvalue weighted by Gasteiger charge is -2.19. The van der Waals surface area contributed by atoms with Gasteiger partial charge in [0.1, 0.15) is 5.75 Å². The van der Waals surface area contributed by atoms with Crippen molar-refractivity contribution in [2.24, 2.45) is 0 Å². The molecule has 0 aliphatic heterocycles. The molecule has 0 fully saturated rings. The highest BCUT2D eigenvalue weighted by molar-refractivity contribution is 5.92. The maximum absolute atomic E-state index is 12.0. The lowest BCUT2D eigenvalue weighted by atomic mass is 10.0. The number of hydrogen-bond acceptors (Lipinski definition) is 3. The summed E-state index contributed by atoms with van der Waals surface area (Å²) >= 11 is 0. The zero-order valence-electron chi connectivity index (χ0n) is 14.0.